The van der Waals surface area contributed by atoms with Gasteiger partial charge in [-0.3, -0.25) is 4.98 Å². The van der Waals surface area contributed by atoms with E-state index in [0.29, 0.717) is 5.69 Å². The van der Waals surface area contributed by atoms with Crippen LogP contribution in [0.25, 0.3) is 5.57 Å². The van der Waals surface area contributed by atoms with E-state index >= 15 is 0 Å². The van der Waals surface area contributed by atoms with E-state index in [1.807, 2.05) is 0 Å². The lowest BCUT2D eigenvalue weighted by Crippen LogP contribution is -2.17. The van der Waals surface area contributed by atoms with E-state index in [0.717, 1.165) is 11.1 Å². The molecule has 0 saturated heterocycles. The van der Waals surface area contributed by atoms with Gasteiger partial charge in [0.2, 0.25) is 0 Å². The van der Waals surface area contributed by atoms with Gasteiger partial charge in [-0.2, -0.15) is 0 Å². The van der Waals surface area contributed by atoms with Crippen molar-refractivity contribution < 1.29 is 13.9 Å². The maximum atomic E-state index is 13.2. The summed E-state index contributed by atoms with van der Waals surface area (Å²) in [6.07, 6.45) is 1.33. The van der Waals surface area contributed by atoms with Crippen LogP contribution in [0.5, 0.6) is 0 Å². The first-order valence-electron chi connectivity index (χ1n) is 7.31. The number of hydrogen-bond acceptors (Lipinski definition) is 4. The van der Waals surface area contributed by atoms with Crippen molar-refractivity contribution in [3.05, 3.63) is 64.1 Å². The van der Waals surface area contributed by atoms with Crippen LogP contribution < -0.4 is 0 Å². The third kappa shape index (κ3) is 4.49. The summed E-state index contributed by atoms with van der Waals surface area (Å²) in [6.45, 7) is 6.50. The molecular formula is C17H18ClFN2O2Si. The molecule has 0 atom stereocenters. The van der Waals surface area contributed by atoms with Crippen LogP contribution >= 0.6 is 11.6 Å². The van der Waals surface area contributed by atoms with Crippen LogP contribution in [0.4, 0.5) is 4.39 Å². The van der Waals surface area contributed by atoms with Crippen LogP contribution in [0, 0.1) is 5.82 Å². The smallest absolute Gasteiger partial charge is 0.358 e. The highest BCUT2D eigenvalue weighted by Gasteiger charge is 2.19. The largest absolute Gasteiger partial charge is 0.464 e. The molecule has 0 fully saturated rings. The van der Waals surface area contributed by atoms with Gasteiger partial charge in [-0.1, -0.05) is 49.1 Å². The second-order valence-corrected chi connectivity index (χ2v) is 11.7. The summed E-state index contributed by atoms with van der Waals surface area (Å²) in [5.41, 5.74) is 4.19. The molecular weight excluding hydrogens is 347 g/mol. The fourth-order valence-electron chi connectivity index (χ4n) is 2.10. The van der Waals surface area contributed by atoms with Crippen molar-refractivity contribution >= 4 is 31.2 Å². The molecule has 0 N–H and O–H groups in total. The molecule has 24 heavy (non-hydrogen) atoms. The number of ether oxygens (including phenoxy) is 1. The van der Waals surface area contributed by atoms with E-state index in [9.17, 15) is 9.18 Å². The molecule has 0 radical (unpaired) electrons. The first kappa shape index (κ1) is 18.3. The highest BCUT2D eigenvalue weighted by Crippen LogP contribution is 2.29. The van der Waals surface area contributed by atoms with E-state index in [1.165, 1.54) is 25.4 Å². The molecule has 7 heteroatoms. The van der Waals surface area contributed by atoms with Crippen molar-refractivity contribution in [2.45, 2.75) is 19.6 Å². The summed E-state index contributed by atoms with van der Waals surface area (Å²) in [5.74, 6) is -0.919. The predicted molar refractivity (Wildman–Crippen MR) is 95.2 cm³/mol. The quantitative estimate of drug-likeness (QED) is 0.597. The Morgan fingerprint density at radius 2 is 1.88 bits per heavy atom. The summed E-state index contributed by atoms with van der Waals surface area (Å²) >= 11 is 6.25. The van der Waals surface area contributed by atoms with Gasteiger partial charge in [-0.25, -0.2) is 14.2 Å². The number of benzene rings is 1. The molecule has 1 heterocycles. The number of carbonyl (C=O) groups is 1. The monoisotopic (exact) mass is 364 g/mol. The third-order valence-corrected chi connectivity index (χ3v) is 4.53. The van der Waals surface area contributed by atoms with Gasteiger partial charge in [0.15, 0.2) is 10.8 Å². The topological polar surface area (TPSA) is 52.1 Å². The summed E-state index contributed by atoms with van der Waals surface area (Å²) in [6, 6.07) is 6.12. The number of nitrogens with zero attached hydrogens (tertiary/aromatic N) is 2. The number of rotatable bonds is 4. The normalized spacial score (nSPS) is 12.2. The Bertz CT molecular complexity index is 786. The molecule has 1 aromatic heterocycles. The number of halogens is 2. The fourth-order valence-corrected chi connectivity index (χ4v) is 3.51. The molecule has 126 valence electrons. The maximum absolute atomic E-state index is 13.2. The lowest BCUT2D eigenvalue weighted by molar-refractivity contribution is 0.0593. The van der Waals surface area contributed by atoms with Gasteiger partial charge >= 0.3 is 5.97 Å². The Hall–Kier alpha value is -2.05. The first-order chi connectivity index (χ1) is 11.2. The summed E-state index contributed by atoms with van der Waals surface area (Å²) in [7, 11) is -0.374. The van der Waals surface area contributed by atoms with Crippen LogP contribution in [0.15, 0.2) is 36.2 Å². The van der Waals surface area contributed by atoms with Crippen molar-refractivity contribution in [2.24, 2.45) is 0 Å². The van der Waals surface area contributed by atoms with E-state index < -0.39 is 14.0 Å². The number of methoxy groups -OCH3 is 1. The molecule has 0 aliphatic heterocycles. The fraction of sp³-hybridized carbons (Fsp3) is 0.235. The van der Waals surface area contributed by atoms with Crippen LogP contribution in [-0.2, 0) is 4.74 Å². The number of aromatic nitrogens is 2. The molecule has 0 aliphatic carbocycles. The summed E-state index contributed by atoms with van der Waals surface area (Å²) in [4.78, 5) is 19.9. The van der Waals surface area contributed by atoms with E-state index in [4.69, 9.17) is 11.6 Å². The van der Waals surface area contributed by atoms with Gasteiger partial charge < -0.3 is 4.74 Å². The van der Waals surface area contributed by atoms with Crippen LogP contribution in [0.3, 0.4) is 0 Å². The SMILES string of the molecule is COC(=O)c1cnc(/C(=C/[Si](C)(C)C)c2ccc(F)cc2)c(Cl)n1. The zero-order valence-electron chi connectivity index (χ0n) is 13.9. The highest BCUT2D eigenvalue weighted by molar-refractivity contribution is 6.81. The van der Waals surface area contributed by atoms with Crippen molar-refractivity contribution in [3.63, 3.8) is 0 Å². The average molecular weight is 365 g/mol. The van der Waals surface area contributed by atoms with Crippen molar-refractivity contribution in [3.8, 4) is 0 Å². The highest BCUT2D eigenvalue weighted by atomic mass is 35.5. The van der Waals surface area contributed by atoms with E-state index in [2.05, 4.69) is 40.0 Å². The van der Waals surface area contributed by atoms with Gasteiger partial charge in [-0.05, 0) is 17.7 Å². The third-order valence-electron chi connectivity index (χ3n) is 3.11. The van der Waals surface area contributed by atoms with Crippen LogP contribution in [0.1, 0.15) is 21.7 Å². The molecule has 2 rings (SSSR count). The number of esters is 1. The molecule has 0 saturated carbocycles. The zero-order valence-corrected chi connectivity index (χ0v) is 15.7. The van der Waals surface area contributed by atoms with Gasteiger partial charge in [0.1, 0.15) is 11.5 Å². The van der Waals surface area contributed by atoms with E-state index in [-0.39, 0.29) is 16.7 Å². The Balaban J connectivity index is 2.58. The molecule has 0 unspecified atom stereocenters. The van der Waals surface area contributed by atoms with Gasteiger partial charge in [0.25, 0.3) is 0 Å². The number of carbonyl (C=O) groups excluding carboxylic acids is 1. The molecule has 0 bridgehead atoms. The van der Waals surface area contributed by atoms with Crippen molar-refractivity contribution in [2.75, 3.05) is 7.11 Å². The Morgan fingerprint density at radius 3 is 2.38 bits per heavy atom. The van der Waals surface area contributed by atoms with Gasteiger partial charge in [0, 0.05) is 5.57 Å². The second-order valence-electron chi connectivity index (χ2n) is 6.32. The molecule has 1 aromatic carbocycles. The summed E-state index contributed by atoms with van der Waals surface area (Å²) < 4.78 is 17.9. The Kier molecular flexibility index (Phi) is 5.51. The molecule has 4 nitrogen and oxygen atoms in total. The lowest BCUT2D eigenvalue weighted by Gasteiger charge is -2.16. The van der Waals surface area contributed by atoms with Gasteiger partial charge in [-0.15, -0.1) is 0 Å². The Labute approximate surface area is 146 Å². The minimum atomic E-state index is -1.64. The molecule has 0 aliphatic rings. The maximum Gasteiger partial charge on any atom is 0.358 e. The predicted octanol–water partition coefficient (Wildman–Crippen LogP) is 4.36. The molecule has 2 aromatic rings. The minimum Gasteiger partial charge on any atom is -0.464 e. The van der Waals surface area contributed by atoms with Gasteiger partial charge in [0.05, 0.1) is 21.4 Å². The first-order valence-corrected chi connectivity index (χ1v) is 11.3. The molecule has 0 spiro atoms. The van der Waals surface area contributed by atoms with Crippen LogP contribution in [-0.4, -0.2) is 31.1 Å². The van der Waals surface area contributed by atoms with E-state index in [1.54, 1.807) is 12.1 Å². The standard InChI is InChI=1S/C17H18ClFN2O2Si/c1-23-17(22)14-9-20-15(16(18)21-14)13(10-24(2,3)4)11-5-7-12(19)8-6-11/h5-10H,1-4H3/b13-10+. The summed E-state index contributed by atoms with van der Waals surface area (Å²) in [5, 5.41) is 0.103. The second kappa shape index (κ2) is 7.23. The molecule has 0 amide bonds. The van der Waals surface area contributed by atoms with Crippen molar-refractivity contribution in [1.82, 2.24) is 9.97 Å². The number of hydrogen-bond donors (Lipinski definition) is 0. The minimum absolute atomic E-state index is 0.0395. The van der Waals surface area contributed by atoms with Crippen molar-refractivity contribution in [1.29, 1.82) is 0 Å². The average Bonchev–Trinajstić information content (AvgIpc) is 2.52. The lowest BCUT2D eigenvalue weighted by atomic mass is 10.0. The Morgan fingerprint density at radius 1 is 1.25 bits per heavy atom. The zero-order chi connectivity index (χ0) is 17.9. The van der Waals surface area contributed by atoms with Crippen LogP contribution in [0.2, 0.25) is 24.8 Å².